The van der Waals surface area contributed by atoms with Gasteiger partial charge in [-0.05, 0) is 18.3 Å². The van der Waals surface area contributed by atoms with Gasteiger partial charge < -0.3 is 9.47 Å². The molecule has 3 nitrogen and oxygen atoms in total. The molecule has 1 rings (SSSR count). The maximum atomic E-state index is 5.69. The van der Waals surface area contributed by atoms with Gasteiger partial charge in [0, 0.05) is 26.2 Å². The van der Waals surface area contributed by atoms with E-state index in [1.165, 1.54) is 19.3 Å². The highest BCUT2D eigenvalue weighted by Gasteiger charge is 2.14. The highest BCUT2D eigenvalue weighted by Crippen LogP contribution is 2.25. The van der Waals surface area contributed by atoms with E-state index < -0.39 is 0 Å². The smallest absolute Gasteiger partial charge is 0.0594 e. The third-order valence-electron chi connectivity index (χ3n) is 3.75. The summed E-state index contributed by atoms with van der Waals surface area (Å²) in [6.07, 6.45) is 3.70. The van der Waals surface area contributed by atoms with E-state index in [0.717, 1.165) is 46.1 Å². The van der Waals surface area contributed by atoms with Crippen LogP contribution < -0.4 is 0 Å². The maximum Gasteiger partial charge on any atom is 0.0594 e. The summed E-state index contributed by atoms with van der Waals surface area (Å²) >= 11 is 0. The summed E-state index contributed by atoms with van der Waals surface area (Å²) in [6.45, 7) is 13.6. The van der Waals surface area contributed by atoms with E-state index >= 15 is 0 Å². The zero-order valence-corrected chi connectivity index (χ0v) is 11.8. The van der Waals surface area contributed by atoms with Crippen LogP contribution in [-0.4, -0.2) is 51.0 Å². The van der Waals surface area contributed by atoms with Crippen LogP contribution >= 0.6 is 0 Å². The second-order valence-corrected chi connectivity index (χ2v) is 5.69. The van der Waals surface area contributed by atoms with E-state index in [2.05, 4.69) is 25.7 Å². The largest absolute Gasteiger partial charge is 0.380 e. The molecule has 1 saturated heterocycles. The first-order valence-electron chi connectivity index (χ1n) is 7.02. The molecule has 1 aliphatic heterocycles. The van der Waals surface area contributed by atoms with Crippen LogP contribution in [0.1, 0.15) is 40.0 Å². The molecule has 0 aromatic carbocycles. The summed E-state index contributed by atoms with van der Waals surface area (Å²) in [5.41, 5.74) is 0.480. The zero-order valence-electron chi connectivity index (χ0n) is 11.8. The summed E-state index contributed by atoms with van der Waals surface area (Å²) in [4.78, 5) is 2.42. The SMILES string of the molecule is CCC(C)(C)CCCOCCN1CCOCC1. The molecule has 0 saturated carbocycles. The first-order chi connectivity index (χ1) is 8.14. The molecule has 3 heteroatoms. The number of nitrogens with zero attached hydrogens (tertiary/aromatic N) is 1. The average molecular weight is 243 g/mol. The molecule has 1 aliphatic rings. The minimum Gasteiger partial charge on any atom is -0.380 e. The minimum atomic E-state index is 0.480. The van der Waals surface area contributed by atoms with Gasteiger partial charge in [-0.15, -0.1) is 0 Å². The Labute approximate surface area is 106 Å². The van der Waals surface area contributed by atoms with Gasteiger partial charge in [0.2, 0.25) is 0 Å². The summed E-state index contributed by atoms with van der Waals surface area (Å²) in [5, 5.41) is 0. The molecule has 102 valence electrons. The Hall–Kier alpha value is -0.120. The van der Waals surface area contributed by atoms with Gasteiger partial charge in [0.25, 0.3) is 0 Å². The molecule has 0 amide bonds. The quantitative estimate of drug-likeness (QED) is 0.612. The Kier molecular flexibility index (Phi) is 7.09. The second-order valence-electron chi connectivity index (χ2n) is 5.69. The van der Waals surface area contributed by atoms with Crippen molar-refractivity contribution < 1.29 is 9.47 Å². The summed E-state index contributed by atoms with van der Waals surface area (Å²) in [6, 6.07) is 0. The number of hydrogen-bond donors (Lipinski definition) is 0. The first kappa shape index (κ1) is 14.9. The molecule has 0 bridgehead atoms. The van der Waals surface area contributed by atoms with Crippen molar-refractivity contribution in [2.24, 2.45) is 5.41 Å². The van der Waals surface area contributed by atoms with Crippen molar-refractivity contribution in [3.63, 3.8) is 0 Å². The molecule has 0 N–H and O–H groups in total. The van der Waals surface area contributed by atoms with Gasteiger partial charge in [0.1, 0.15) is 0 Å². The molecule has 1 fully saturated rings. The lowest BCUT2D eigenvalue weighted by molar-refractivity contribution is 0.0193. The van der Waals surface area contributed by atoms with Gasteiger partial charge in [-0.25, -0.2) is 0 Å². The number of rotatable bonds is 8. The van der Waals surface area contributed by atoms with Crippen LogP contribution in [0.4, 0.5) is 0 Å². The molecule has 0 aliphatic carbocycles. The topological polar surface area (TPSA) is 21.7 Å². The Bertz CT molecular complexity index is 189. The van der Waals surface area contributed by atoms with Crippen molar-refractivity contribution in [2.75, 3.05) is 46.1 Å². The molecule has 0 spiro atoms. The second kappa shape index (κ2) is 8.06. The molecule has 0 unspecified atom stereocenters. The minimum absolute atomic E-state index is 0.480. The van der Waals surface area contributed by atoms with E-state index in [0.29, 0.717) is 5.41 Å². The third-order valence-corrected chi connectivity index (χ3v) is 3.75. The van der Waals surface area contributed by atoms with Gasteiger partial charge in [-0.2, -0.15) is 0 Å². The highest BCUT2D eigenvalue weighted by atomic mass is 16.5. The molecule has 17 heavy (non-hydrogen) atoms. The molecule has 0 aromatic heterocycles. The van der Waals surface area contributed by atoms with Crippen molar-refractivity contribution >= 4 is 0 Å². The van der Waals surface area contributed by atoms with Crippen LogP contribution in [-0.2, 0) is 9.47 Å². The van der Waals surface area contributed by atoms with Gasteiger partial charge in [-0.3, -0.25) is 4.90 Å². The van der Waals surface area contributed by atoms with Crippen molar-refractivity contribution in [1.82, 2.24) is 4.90 Å². The van der Waals surface area contributed by atoms with E-state index in [9.17, 15) is 0 Å². The van der Waals surface area contributed by atoms with Gasteiger partial charge in [0.05, 0.1) is 19.8 Å². The molecule has 0 aromatic rings. The van der Waals surface area contributed by atoms with Crippen LogP contribution in [0.2, 0.25) is 0 Å². The van der Waals surface area contributed by atoms with Crippen LogP contribution in [0.3, 0.4) is 0 Å². The summed E-state index contributed by atoms with van der Waals surface area (Å²) < 4.78 is 11.0. The number of ether oxygens (including phenoxy) is 2. The molecule has 1 heterocycles. The fraction of sp³-hybridized carbons (Fsp3) is 1.00. The lowest BCUT2D eigenvalue weighted by Crippen LogP contribution is -2.38. The predicted octanol–water partition coefficient (Wildman–Crippen LogP) is 2.55. The van der Waals surface area contributed by atoms with Crippen LogP contribution in [0.5, 0.6) is 0 Å². The number of hydrogen-bond acceptors (Lipinski definition) is 3. The number of morpholine rings is 1. The fourth-order valence-corrected chi connectivity index (χ4v) is 1.95. The predicted molar refractivity (Wildman–Crippen MR) is 71.4 cm³/mol. The standard InChI is InChI=1S/C14H29NO2/c1-4-14(2,3)6-5-10-16-11-7-15-8-12-17-13-9-15/h4-13H2,1-3H3. The monoisotopic (exact) mass is 243 g/mol. The van der Waals surface area contributed by atoms with Crippen LogP contribution in [0.15, 0.2) is 0 Å². The normalized spacial score (nSPS) is 18.5. The van der Waals surface area contributed by atoms with Crippen molar-refractivity contribution in [1.29, 1.82) is 0 Å². The zero-order chi connectivity index (χ0) is 12.6. The van der Waals surface area contributed by atoms with Crippen LogP contribution in [0, 0.1) is 5.41 Å². The van der Waals surface area contributed by atoms with E-state index in [-0.39, 0.29) is 0 Å². The van der Waals surface area contributed by atoms with Gasteiger partial charge in [-0.1, -0.05) is 27.2 Å². The molecule has 0 radical (unpaired) electrons. The van der Waals surface area contributed by atoms with Gasteiger partial charge in [0.15, 0.2) is 0 Å². The Morgan fingerprint density at radius 2 is 1.88 bits per heavy atom. The van der Waals surface area contributed by atoms with Gasteiger partial charge >= 0.3 is 0 Å². The van der Waals surface area contributed by atoms with E-state index in [1.54, 1.807) is 0 Å². The van der Waals surface area contributed by atoms with Crippen LogP contribution in [0.25, 0.3) is 0 Å². The Balaban J connectivity index is 1.90. The lowest BCUT2D eigenvalue weighted by Gasteiger charge is -2.26. The summed E-state index contributed by atoms with van der Waals surface area (Å²) in [5.74, 6) is 0. The molecular weight excluding hydrogens is 214 g/mol. The first-order valence-corrected chi connectivity index (χ1v) is 7.02. The van der Waals surface area contributed by atoms with E-state index in [4.69, 9.17) is 9.47 Å². The van der Waals surface area contributed by atoms with Crippen molar-refractivity contribution in [3.8, 4) is 0 Å². The molecular formula is C14H29NO2. The Morgan fingerprint density at radius 1 is 1.18 bits per heavy atom. The van der Waals surface area contributed by atoms with Crippen molar-refractivity contribution in [2.45, 2.75) is 40.0 Å². The lowest BCUT2D eigenvalue weighted by atomic mass is 9.85. The average Bonchev–Trinajstić information content (AvgIpc) is 2.35. The summed E-state index contributed by atoms with van der Waals surface area (Å²) in [7, 11) is 0. The Morgan fingerprint density at radius 3 is 2.53 bits per heavy atom. The third kappa shape index (κ3) is 7.02. The molecule has 0 atom stereocenters. The maximum absolute atomic E-state index is 5.69. The van der Waals surface area contributed by atoms with Crippen molar-refractivity contribution in [3.05, 3.63) is 0 Å². The van der Waals surface area contributed by atoms with E-state index in [1.807, 2.05) is 0 Å². The highest BCUT2D eigenvalue weighted by molar-refractivity contribution is 4.65. The fourth-order valence-electron chi connectivity index (χ4n) is 1.95.